The molecule has 0 aliphatic carbocycles. The molecule has 0 fully saturated rings. The highest BCUT2D eigenvalue weighted by atomic mass is 31.2. The number of rotatable bonds is 72. The van der Waals surface area contributed by atoms with Crippen molar-refractivity contribution in [1.29, 1.82) is 0 Å². The van der Waals surface area contributed by atoms with E-state index in [1.165, 1.54) is 180 Å². The fraction of sp³-hybridized carbons (Fsp3) is 0.946. The first-order valence-electron chi connectivity index (χ1n) is 38.5. The molecule has 93 heavy (non-hydrogen) atoms. The molecule has 0 bridgehead atoms. The van der Waals surface area contributed by atoms with E-state index in [1.54, 1.807) is 0 Å². The van der Waals surface area contributed by atoms with E-state index in [2.05, 4.69) is 48.5 Å². The molecule has 0 radical (unpaired) electrons. The van der Waals surface area contributed by atoms with Crippen molar-refractivity contribution in [2.45, 2.75) is 394 Å². The second-order valence-corrected chi connectivity index (χ2v) is 30.3. The Morgan fingerprint density at radius 3 is 0.763 bits per heavy atom. The number of carbonyl (C=O) groups excluding carboxylic acids is 4. The quantitative estimate of drug-likeness (QED) is 0.0222. The van der Waals surface area contributed by atoms with Crippen molar-refractivity contribution in [2.75, 3.05) is 39.6 Å². The van der Waals surface area contributed by atoms with Crippen molar-refractivity contribution < 1.29 is 80.2 Å². The van der Waals surface area contributed by atoms with E-state index in [0.717, 1.165) is 114 Å². The molecular formula is C74H144O17P2. The number of aliphatic hydroxyl groups excluding tert-OH is 1. The topological polar surface area (TPSA) is 237 Å². The van der Waals surface area contributed by atoms with Gasteiger partial charge in [-0.2, -0.15) is 0 Å². The lowest BCUT2D eigenvalue weighted by molar-refractivity contribution is -0.161. The van der Waals surface area contributed by atoms with Gasteiger partial charge in [-0.1, -0.05) is 325 Å². The van der Waals surface area contributed by atoms with Crippen LogP contribution in [0, 0.1) is 17.8 Å². The van der Waals surface area contributed by atoms with Crippen LogP contribution in [0.25, 0.3) is 0 Å². The Balaban J connectivity index is 5.24. The first-order chi connectivity index (χ1) is 44.8. The molecule has 0 spiro atoms. The molecule has 0 aromatic rings. The average molecular weight is 1370 g/mol. The summed E-state index contributed by atoms with van der Waals surface area (Å²) in [5.41, 5.74) is 0. The number of phosphoric ester groups is 2. The number of ether oxygens (including phenoxy) is 4. The van der Waals surface area contributed by atoms with Crippen LogP contribution in [0.15, 0.2) is 0 Å². The van der Waals surface area contributed by atoms with Gasteiger partial charge in [-0.05, 0) is 43.4 Å². The number of unbranched alkanes of at least 4 members (excludes halogenated alkanes) is 37. The van der Waals surface area contributed by atoms with Gasteiger partial charge in [0.05, 0.1) is 26.4 Å². The molecule has 0 amide bonds. The summed E-state index contributed by atoms with van der Waals surface area (Å²) in [6.07, 6.45) is 50.0. The summed E-state index contributed by atoms with van der Waals surface area (Å²) in [4.78, 5) is 72.7. The van der Waals surface area contributed by atoms with Crippen LogP contribution in [0.3, 0.4) is 0 Å². The number of phosphoric acid groups is 2. The predicted octanol–water partition coefficient (Wildman–Crippen LogP) is 21.4. The van der Waals surface area contributed by atoms with Gasteiger partial charge < -0.3 is 33.8 Å². The van der Waals surface area contributed by atoms with Gasteiger partial charge in [-0.25, -0.2) is 9.13 Å². The van der Waals surface area contributed by atoms with Crippen molar-refractivity contribution >= 4 is 39.5 Å². The number of hydrogen-bond acceptors (Lipinski definition) is 15. The van der Waals surface area contributed by atoms with Gasteiger partial charge in [0, 0.05) is 25.7 Å². The first kappa shape index (κ1) is 91.1. The highest BCUT2D eigenvalue weighted by molar-refractivity contribution is 7.47. The minimum atomic E-state index is -4.96. The minimum Gasteiger partial charge on any atom is -0.462 e. The zero-order valence-electron chi connectivity index (χ0n) is 60.7. The highest BCUT2D eigenvalue weighted by Gasteiger charge is 2.30. The Kier molecular flexibility index (Phi) is 63.4. The van der Waals surface area contributed by atoms with Crippen molar-refractivity contribution in [3.63, 3.8) is 0 Å². The summed E-state index contributed by atoms with van der Waals surface area (Å²) >= 11 is 0. The fourth-order valence-electron chi connectivity index (χ4n) is 11.2. The number of aliphatic hydroxyl groups is 1. The summed E-state index contributed by atoms with van der Waals surface area (Å²) in [5.74, 6) is 0.173. The zero-order chi connectivity index (χ0) is 68.7. The highest BCUT2D eigenvalue weighted by Crippen LogP contribution is 2.45. The van der Waals surface area contributed by atoms with Crippen molar-refractivity contribution in [1.82, 2.24) is 0 Å². The lowest BCUT2D eigenvalue weighted by Gasteiger charge is -2.21. The number of esters is 4. The summed E-state index contributed by atoms with van der Waals surface area (Å²) in [5, 5.41) is 10.6. The summed E-state index contributed by atoms with van der Waals surface area (Å²) in [6, 6.07) is 0. The molecule has 3 N–H and O–H groups in total. The molecule has 0 heterocycles. The third-order valence-electron chi connectivity index (χ3n) is 18.2. The van der Waals surface area contributed by atoms with Gasteiger partial charge >= 0.3 is 39.5 Å². The van der Waals surface area contributed by atoms with Crippen LogP contribution in [0.2, 0.25) is 0 Å². The molecule has 0 aromatic carbocycles. The maximum Gasteiger partial charge on any atom is 0.472 e. The van der Waals surface area contributed by atoms with Crippen LogP contribution >= 0.6 is 15.6 Å². The van der Waals surface area contributed by atoms with Crippen LogP contribution < -0.4 is 0 Å². The summed E-state index contributed by atoms with van der Waals surface area (Å²) in [7, 11) is -9.91. The lowest BCUT2D eigenvalue weighted by atomic mass is 9.99. The zero-order valence-corrected chi connectivity index (χ0v) is 62.5. The third-order valence-corrected chi connectivity index (χ3v) is 20.1. The van der Waals surface area contributed by atoms with E-state index in [-0.39, 0.29) is 25.7 Å². The Hall–Kier alpha value is -1.94. The van der Waals surface area contributed by atoms with E-state index in [1.807, 2.05) is 0 Å². The molecule has 8 atom stereocenters. The fourth-order valence-corrected chi connectivity index (χ4v) is 12.7. The van der Waals surface area contributed by atoms with Crippen LogP contribution in [-0.2, 0) is 65.4 Å². The smallest absolute Gasteiger partial charge is 0.462 e. The van der Waals surface area contributed by atoms with Gasteiger partial charge in [0.25, 0.3) is 0 Å². The lowest BCUT2D eigenvalue weighted by Crippen LogP contribution is -2.30. The van der Waals surface area contributed by atoms with Crippen LogP contribution in [0.5, 0.6) is 0 Å². The van der Waals surface area contributed by atoms with Gasteiger partial charge in [-0.15, -0.1) is 0 Å². The molecule has 0 aliphatic heterocycles. The van der Waals surface area contributed by atoms with E-state index >= 15 is 0 Å². The second-order valence-electron chi connectivity index (χ2n) is 27.4. The Morgan fingerprint density at radius 1 is 0.301 bits per heavy atom. The summed E-state index contributed by atoms with van der Waals surface area (Å²) in [6.45, 7) is 11.8. The van der Waals surface area contributed by atoms with Crippen LogP contribution in [-0.4, -0.2) is 96.7 Å². The molecule has 5 unspecified atom stereocenters. The maximum atomic E-state index is 13.1. The normalized spacial score (nSPS) is 15.0. The number of hydrogen-bond donors (Lipinski definition) is 3. The Morgan fingerprint density at radius 2 is 0.516 bits per heavy atom. The first-order valence-corrected chi connectivity index (χ1v) is 41.5. The third kappa shape index (κ3) is 64.5. The van der Waals surface area contributed by atoms with E-state index in [9.17, 15) is 43.2 Å². The van der Waals surface area contributed by atoms with E-state index < -0.39 is 97.5 Å². The summed E-state index contributed by atoms with van der Waals surface area (Å²) < 4.78 is 68.4. The van der Waals surface area contributed by atoms with Crippen molar-refractivity contribution in [2.24, 2.45) is 17.8 Å². The van der Waals surface area contributed by atoms with Crippen molar-refractivity contribution in [3.05, 3.63) is 0 Å². The van der Waals surface area contributed by atoms with Gasteiger partial charge in [-0.3, -0.25) is 37.3 Å². The Labute approximate surface area is 568 Å². The van der Waals surface area contributed by atoms with Crippen LogP contribution in [0.1, 0.15) is 376 Å². The monoisotopic (exact) mass is 1370 g/mol. The molecule has 0 saturated carbocycles. The largest absolute Gasteiger partial charge is 0.472 e. The molecule has 552 valence electrons. The molecule has 0 rings (SSSR count). The Bertz CT molecular complexity index is 1820. The van der Waals surface area contributed by atoms with E-state index in [4.69, 9.17) is 37.0 Å². The van der Waals surface area contributed by atoms with Crippen LogP contribution in [0.4, 0.5) is 0 Å². The van der Waals surface area contributed by atoms with Gasteiger partial charge in [0.2, 0.25) is 0 Å². The SMILES string of the molecule is CCCCCCCCCCCCCCCCCC(=O)OC[C@H](COP(=O)(O)OC[C@@H](O)COP(=O)(O)OC[C@@H](COC(=O)CCCCCCCCC(C)CC)OC(=O)CCCCCCCCC(C)CC)OC(=O)CCCCCCCCCCCCCCCCC(C)CC. The second kappa shape index (κ2) is 64.7. The molecule has 0 aromatic heterocycles. The standard InChI is InChI=1S/C74H144O17P2/c1-8-12-13-14-15-16-17-18-19-23-26-29-32-41-48-55-71(76)84-61-69(90-73(78)57-50-43-33-30-27-24-21-20-22-25-28-31-38-45-52-65(5)9-2)63-88-92(80,81)86-59-68(75)60-87-93(82,83)89-64-70(91-74(79)58-51-44-37-35-40-47-54-67(7)11-4)62-85-72(77)56-49-42-36-34-39-46-53-66(6)10-3/h65-70,75H,8-64H2,1-7H3,(H,80,81)(H,82,83)/t65?,66?,67?,68-,69-,70-/m1/s1. The number of carbonyl (C=O) groups is 4. The van der Waals surface area contributed by atoms with Crippen molar-refractivity contribution in [3.8, 4) is 0 Å². The van der Waals surface area contributed by atoms with Gasteiger partial charge in [0.1, 0.15) is 19.3 Å². The predicted molar refractivity (Wildman–Crippen MR) is 377 cm³/mol. The minimum absolute atomic E-state index is 0.102. The van der Waals surface area contributed by atoms with E-state index in [0.29, 0.717) is 25.7 Å². The molecule has 0 saturated heterocycles. The molecule has 0 aliphatic rings. The molecule has 17 nitrogen and oxygen atoms in total. The molecular weight excluding hydrogens is 1220 g/mol. The average Bonchev–Trinajstić information content (AvgIpc) is 3.56. The molecule has 19 heteroatoms. The maximum absolute atomic E-state index is 13.1. The van der Waals surface area contributed by atoms with Gasteiger partial charge in [0.15, 0.2) is 12.2 Å².